The first-order chi connectivity index (χ1) is 6.29. The molecule has 0 aromatic carbocycles. The third kappa shape index (κ3) is 2.96. The van der Waals surface area contributed by atoms with Crippen LogP contribution in [-0.2, 0) is 0 Å². The number of hydrogen-bond donors (Lipinski definition) is 1. The zero-order chi connectivity index (χ0) is 9.68. The fraction of sp³-hybridized carbons (Fsp3) is 1.00. The second-order valence-corrected chi connectivity index (χ2v) is 4.16. The summed E-state index contributed by atoms with van der Waals surface area (Å²) in [6.45, 7) is 6.98. The molecule has 0 bridgehead atoms. The van der Waals surface area contributed by atoms with E-state index in [-0.39, 0.29) is 0 Å². The Balaban J connectivity index is 2.37. The van der Waals surface area contributed by atoms with Gasteiger partial charge in [-0.25, -0.2) is 0 Å². The molecule has 1 rings (SSSR count). The Morgan fingerprint density at radius 1 is 1.46 bits per heavy atom. The molecule has 0 aromatic heterocycles. The second kappa shape index (κ2) is 5.61. The summed E-state index contributed by atoms with van der Waals surface area (Å²) in [4.78, 5) is 2.59. The molecule has 0 radical (unpaired) electrons. The van der Waals surface area contributed by atoms with E-state index in [1.165, 1.54) is 38.8 Å². The predicted molar refractivity (Wildman–Crippen MR) is 58.0 cm³/mol. The first kappa shape index (κ1) is 11.0. The molecule has 0 saturated carbocycles. The second-order valence-electron chi connectivity index (χ2n) is 4.16. The zero-order valence-corrected chi connectivity index (χ0v) is 9.34. The lowest BCUT2D eigenvalue weighted by atomic mass is 10.1. The van der Waals surface area contributed by atoms with Crippen LogP contribution in [0, 0.1) is 0 Å². The largest absolute Gasteiger partial charge is 0.315 e. The van der Waals surface area contributed by atoms with E-state index >= 15 is 0 Å². The maximum Gasteiger partial charge on any atom is 0.0232 e. The van der Waals surface area contributed by atoms with Gasteiger partial charge in [0.05, 0.1) is 0 Å². The first-order valence-electron chi connectivity index (χ1n) is 5.72. The molecule has 2 nitrogen and oxygen atoms in total. The SMILES string of the molecule is CCCC(CC)N(C)C1CCNC1. The van der Waals surface area contributed by atoms with Gasteiger partial charge in [0.1, 0.15) is 0 Å². The summed E-state index contributed by atoms with van der Waals surface area (Å²) in [6, 6.07) is 1.59. The van der Waals surface area contributed by atoms with E-state index in [9.17, 15) is 0 Å². The molecule has 2 heteroatoms. The Bertz CT molecular complexity index is 130. The molecule has 1 heterocycles. The van der Waals surface area contributed by atoms with Gasteiger partial charge in [0, 0.05) is 18.6 Å². The van der Waals surface area contributed by atoms with Crippen molar-refractivity contribution in [3.63, 3.8) is 0 Å². The molecule has 0 aliphatic carbocycles. The van der Waals surface area contributed by atoms with E-state index in [1.807, 2.05) is 0 Å². The number of hydrogen-bond acceptors (Lipinski definition) is 2. The fourth-order valence-corrected chi connectivity index (χ4v) is 2.31. The maximum atomic E-state index is 3.43. The van der Waals surface area contributed by atoms with Gasteiger partial charge in [0.15, 0.2) is 0 Å². The monoisotopic (exact) mass is 184 g/mol. The van der Waals surface area contributed by atoms with Crippen LogP contribution in [0.2, 0.25) is 0 Å². The molecule has 0 amide bonds. The molecule has 0 spiro atoms. The van der Waals surface area contributed by atoms with E-state index in [1.54, 1.807) is 0 Å². The maximum absolute atomic E-state index is 3.43. The quantitative estimate of drug-likeness (QED) is 0.701. The Morgan fingerprint density at radius 3 is 2.69 bits per heavy atom. The predicted octanol–water partition coefficient (Wildman–Crippen LogP) is 1.86. The molecule has 2 atom stereocenters. The molecule has 1 saturated heterocycles. The van der Waals surface area contributed by atoms with Gasteiger partial charge in [-0.3, -0.25) is 4.90 Å². The minimum Gasteiger partial charge on any atom is -0.315 e. The smallest absolute Gasteiger partial charge is 0.0232 e. The molecule has 78 valence electrons. The first-order valence-corrected chi connectivity index (χ1v) is 5.72. The van der Waals surface area contributed by atoms with Crippen LogP contribution in [0.4, 0.5) is 0 Å². The van der Waals surface area contributed by atoms with E-state index in [2.05, 4.69) is 31.1 Å². The number of nitrogens with zero attached hydrogens (tertiary/aromatic N) is 1. The Kier molecular flexibility index (Phi) is 4.74. The highest BCUT2D eigenvalue weighted by Crippen LogP contribution is 2.15. The summed E-state index contributed by atoms with van der Waals surface area (Å²) in [5.41, 5.74) is 0. The molecule has 1 fully saturated rings. The third-order valence-corrected chi connectivity index (χ3v) is 3.28. The minimum atomic E-state index is 0.788. The van der Waals surface area contributed by atoms with E-state index in [0.29, 0.717) is 0 Å². The van der Waals surface area contributed by atoms with Gasteiger partial charge in [-0.05, 0) is 32.9 Å². The average Bonchev–Trinajstić information content (AvgIpc) is 2.65. The van der Waals surface area contributed by atoms with Crippen LogP contribution in [0.1, 0.15) is 39.5 Å². The van der Waals surface area contributed by atoms with Crippen LogP contribution in [0.25, 0.3) is 0 Å². The molecule has 0 aromatic rings. The molecule has 13 heavy (non-hydrogen) atoms. The van der Waals surface area contributed by atoms with E-state index < -0.39 is 0 Å². The lowest BCUT2D eigenvalue weighted by Crippen LogP contribution is -2.41. The summed E-state index contributed by atoms with van der Waals surface area (Å²) >= 11 is 0. The molecular formula is C11H24N2. The van der Waals surface area contributed by atoms with Crippen molar-refractivity contribution in [2.45, 2.75) is 51.6 Å². The number of likely N-dealkylation sites (N-methyl/N-ethyl adjacent to an activating group) is 1. The summed E-state index contributed by atoms with van der Waals surface area (Å²) < 4.78 is 0. The number of rotatable bonds is 5. The summed E-state index contributed by atoms with van der Waals surface area (Å²) in [6.07, 6.45) is 5.28. The number of nitrogens with one attached hydrogen (secondary N) is 1. The lowest BCUT2D eigenvalue weighted by molar-refractivity contribution is 0.169. The zero-order valence-electron chi connectivity index (χ0n) is 9.34. The molecule has 2 unspecified atom stereocenters. The van der Waals surface area contributed by atoms with Gasteiger partial charge in [0.25, 0.3) is 0 Å². The van der Waals surface area contributed by atoms with Crippen molar-refractivity contribution >= 4 is 0 Å². The van der Waals surface area contributed by atoms with Crippen molar-refractivity contribution in [3.05, 3.63) is 0 Å². The van der Waals surface area contributed by atoms with E-state index in [4.69, 9.17) is 0 Å². The van der Waals surface area contributed by atoms with Crippen molar-refractivity contribution in [2.24, 2.45) is 0 Å². The lowest BCUT2D eigenvalue weighted by Gasteiger charge is -2.31. The van der Waals surface area contributed by atoms with Gasteiger partial charge < -0.3 is 5.32 Å². The Morgan fingerprint density at radius 2 is 2.23 bits per heavy atom. The van der Waals surface area contributed by atoms with Crippen LogP contribution in [0.5, 0.6) is 0 Å². The minimum absolute atomic E-state index is 0.788. The Labute approximate surface area is 82.7 Å². The van der Waals surface area contributed by atoms with Crippen molar-refractivity contribution < 1.29 is 0 Å². The van der Waals surface area contributed by atoms with E-state index in [0.717, 1.165) is 12.1 Å². The normalized spacial score (nSPS) is 25.4. The molecular weight excluding hydrogens is 160 g/mol. The van der Waals surface area contributed by atoms with Crippen LogP contribution >= 0.6 is 0 Å². The third-order valence-electron chi connectivity index (χ3n) is 3.28. The van der Waals surface area contributed by atoms with Gasteiger partial charge in [-0.2, -0.15) is 0 Å². The standard InChI is InChI=1S/C11H24N2/c1-4-6-10(5-2)13(3)11-7-8-12-9-11/h10-12H,4-9H2,1-3H3. The van der Waals surface area contributed by atoms with Crippen molar-refractivity contribution in [1.29, 1.82) is 0 Å². The molecule has 1 aliphatic rings. The summed E-state index contributed by atoms with van der Waals surface area (Å²) in [5, 5.41) is 3.43. The molecule has 1 aliphatic heterocycles. The van der Waals surface area contributed by atoms with Crippen molar-refractivity contribution in [2.75, 3.05) is 20.1 Å². The fourth-order valence-electron chi connectivity index (χ4n) is 2.31. The van der Waals surface area contributed by atoms with Crippen LogP contribution in [0.3, 0.4) is 0 Å². The summed E-state index contributed by atoms with van der Waals surface area (Å²) in [7, 11) is 2.29. The summed E-state index contributed by atoms with van der Waals surface area (Å²) in [5.74, 6) is 0. The van der Waals surface area contributed by atoms with Crippen molar-refractivity contribution in [3.8, 4) is 0 Å². The topological polar surface area (TPSA) is 15.3 Å². The highest BCUT2D eigenvalue weighted by molar-refractivity contribution is 4.82. The Hall–Kier alpha value is -0.0800. The van der Waals surface area contributed by atoms with Crippen LogP contribution < -0.4 is 5.32 Å². The molecule has 1 N–H and O–H groups in total. The van der Waals surface area contributed by atoms with Gasteiger partial charge in [0.2, 0.25) is 0 Å². The van der Waals surface area contributed by atoms with Crippen LogP contribution in [-0.4, -0.2) is 37.1 Å². The van der Waals surface area contributed by atoms with Gasteiger partial charge >= 0.3 is 0 Å². The van der Waals surface area contributed by atoms with Gasteiger partial charge in [-0.15, -0.1) is 0 Å². The highest BCUT2D eigenvalue weighted by Gasteiger charge is 2.23. The van der Waals surface area contributed by atoms with Gasteiger partial charge in [-0.1, -0.05) is 20.3 Å². The van der Waals surface area contributed by atoms with Crippen LogP contribution in [0.15, 0.2) is 0 Å². The average molecular weight is 184 g/mol. The highest BCUT2D eigenvalue weighted by atomic mass is 15.2. The van der Waals surface area contributed by atoms with Crippen molar-refractivity contribution in [1.82, 2.24) is 10.2 Å².